The molecule has 0 saturated carbocycles. The van der Waals surface area contributed by atoms with Crippen molar-refractivity contribution in [3.8, 4) is 0 Å². The Kier molecular flexibility index (Phi) is 8.09. The van der Waals surface area contributed by atoms with Crippen molar-refractivity contribution in [1.29, 1.82) is 0 Å². The molecule has 4 nitrogen and oxygen atoms in total. The highest BCUT2D eigenvalue weighted by Crippen LogP contribution is 1.89. The van der Waals surface area contributed by atoms with E-state index in [9.17, 15) is 0 Å². The van der Waals surface area contributed by atoms with Crippen molar-refractivity contribution in [2.75, 3.05) is 13.2 Å². The number of rotatable bonds is 6. The van der Waals surface area contributed by atoms with Crippen LogP contribution in [-0.2, 0) is 0 Å². The summed E-state index contributed by atoms with van der Waals surface area (Å²) in [6.07, 6.45) is 1.80. The standard InChI is InChI=1S/C11H25N3O/c1-9(2)13-11(14-10(3)4)12-7-5-6-8-15/h9-10,15H,5-8H2,1-4H3,(H2,12,13,14). The molecule has 0 atom stereocenters. The normalized spacial score (nSPS) is 12.3. The van der Waals surface area contributed by atoms with Crippen molar-refractivity contribution in [3.63, 3.8) is 0 Å². The van der Waals surface area contributed by atoms with Gasteiger partial charge in [0.1, 0.15) is 0 Å². The molecule has 0 spiro atoms. The van der Waals surface area contributed by atoms with E-state index in [0.29, 0.717) is 6.04 Å². The quantitative estimate of drug-likeness (QED) is 0.353. The molecule has 0 saturated heterocycles. The second-order valence-electron chi connectivity index (χ2n) is 4.23. The van der Waals surface area contributed by atoms with Crippen molar-refractivity contribution in [3.05, 3.63) is 0 Å². The van der Waals surface area contributed by atoms with Crippen molar-refractivity contribution in [2.45, 2.75) is 52.6 Å². The van der Waals surface area contributed by atoms with Crippen molar-refractivity contribution in [1.82, 2.24) is 10.6 Å². The number of guanidine groups is 1. The highest BCUT2D eigenvalue weighted by Gasteiger charge is 2.01. The third kappa shape index (κ3) is 9.53. The van der Waals surface area contributed by atoms with Gasteiger partial charge in [0.2, 0.25) is 0 Å². The Morgan fingerprint density at radius 3 is 2.33 bits per heavy atom. The number of unbranched alkanes of at least 4 members (excludes halogenated alkanes) is 1. The Morgan fingerprint density at radius 2 is 1.87 bits per heavy atom. The van der Waals surface area contributed by atoms with Gasteiger partial charge in [-0.05, 0) is 40.5 Å². The maximum Gasteiger partial charge on any atom is 0.191 e. The van der Waals surface area contributed by atoms with E-state index in [-0.39, 0.29) is 12.6 Å². The van der Waals surface area contributed by atoms with Gasteiger partial charge in [-0.15, -0.1) is 0 Å². The molecule has 0 bridgehead atoms. The molecule has 0 aliphatic heterocycles. The van der Waals surface area contributed by atoms with Gasteiger partial charge in [-0.1, -0.05) is 0 Å². The molecule has 0 aromatic rings. The largest absolute Gasteiger partial charge is 0.396 e. The second-order valence-corrected chi connectivity index (χ2v) is 4.23. The summed E-state index contributed by atoms with van der Waals surface area (Å²) in [6, 6.07) is 0.671. The van der Waals surface area contributed by atoms with Crippen LogP contribution in [0.15, 0.2) is 4.99 Å². The van der Waals surface area contributed by atoms with E-state index < -0.39 is 0 Å². The highest BCUT2D eigenvalue weighted by atomic mass is 16.2. The number of hydrogen-bond acceptors (Lipinski definition) is 2. The fraction of sp³-hybridized carbons (Fsp3) is 0.909. The van der Waals surface area contributed by atoms with Crippen molar-refractivity contribution in [2.24, 2.45) is 4.99 Å². The molecule has 0 heterocycles. The summed E-state index contributed by atoms with van der Waals surface area (Å²) in [5, 5.41) is 15.2. The molecule has 0 amide bonds. The third-order valence-corrected chi connectivity index (χ3v) is 1.69. The van der Waals surface area contributed by atoms with Gasteiger partial charge >= 0.3 is 0 Å². The summed E-state index contributed by atoms with van der Waals surface area (Å²) < 4.78 is 0. The molecule has 0 aromatic heterocycles. The fourth-order valence-electron chi connectivity index (χ4n) is 1.11. The lowest BCUT2D eigenvalue weighted by Gasteiger charge is -2.15. The zero-order valence-electron chi connectivity index (χ0n) is 10.4. The van der Waals surface area contributed by atoms with E-state index in [2.05, 4.69) is 43.3 Å². The Bertz CT molecular complexity index is 179. The lowest BCUT2D eigenvalue weighted by atomic mass is 10.3. The summed E-state index contributed by atoms with van der Waals surface area (Å²) in [6.45, 7) is 9.40. The van der Waals surface area contributed by atoms with Crippen LogP contribution >= 0.6 is 0 Å². The molecule has 0 aliphatic rings. The van der Waals surface area contributed by atoms with Crippen LogP contribution in [0.2, 0.25) is 0 Å². The van der Waals surface area contributed by atoms with Crippen LogP contribution in [0, 0.1) is 0 Å². The topological polar surface area (TPSA) is 56.7 Å². The van der Waals surface area contributed by atoms with Crippen LogP contribution in [0.5, 0.6) is 0 Å². The molecule has 4 heteroatoms. The van der Waals surface area contributed by atoms with E-state index in [1.807, 2.05) is 0 Å². The van der Waals surface area contributed by atoms with Crippen molar-refractivity contribution < 1.29 is 5.11 Å². The minimum Gasteiger partial charge on any atom is -0.396 e. The van der Waals surface area contributed by atoms with Crippen molar-refractivity contribution >= 4 is 5.96 Å². The Balaban J connectivity index is 3.91. The summed E-state index contributed by atoms with van der Waals surface area (Å²) in [7, 11) is 0. The van der Waals surface area contributed by atoms with Gasteiger partial charge in [0.25, 0.3) is 0 Å². The summed E-state index contributed by atoms with van der Waals surface area (Å²) in [5.74, 6) is 0.859. The lowest BCUT2D eigenvalue weighted by Crippen LogP contribution is -2.42. The number of aliphatic imine (C=N–C) groups is 1. The van der Waals surface area contributed by atoms with Gasteiger partial charge in [0.05, 0.1) is 0 Å². The van der Waals surface area contributed by atoms with E-state index in [0.717, 1.165) is 25.3 Å². The highest BCUT2D eigenvalue weighted by molar-refractivity contribution is 5.80. The second kappa shape index (κ2) is 8.53. The molecular formula is C11H25N3O. The first kappa shape index (κ1) is 14.2. The first-order valence-corrected chi connectivity index (χ1v) is 5.75. The van der Waals surface area contributed by atoms with Crippen LogP contribution in [-0.4, -0.2) is 36.3 Å². The Morgan fingerprint density at radius 1 is 1.20 bits per heavy atom. The molecule has 0 unspecified atom stereocenters. The SMILES string of the molecule is CC(C)/N=C(\NCCCCO)NC(C)C. The number of hydrogen-bond donors (Lipinski definition) is 3. The average Bonchev–Trinajstić information content (AvgIpc) is 2.10. The zero-order valence-corrected chi connectivity index (χ0v) is 10.4. The van der Waals surface area contributed by atoms with Crippen LogP contribution in [0.4, 0.5) is 0 Å². The van der Waals surface area contributed by atoms with Gasteiger partial charge in [0.15, 0.2) is 5.96 Å². The number of nitrogens with one attached hydrogen (secondary N) is 2. The van der Waals surface area contributed by atoms with Gasteiger partial charge in [0, 0.05) is 25.2 Å². The predicted molar refractivity (Wildman–Crippen MR) is 65.2 cm³/mol. The van der Waals surface area contributed by atoms with Gasteiger partial charge in [-0.2, -0.15) is 0 Å². The van der Waals surface area contributed by atoms with E-state index in [1.54, 1.807) is 0 Å². The molecule has 0 aliphatic carbocycles. The Labute approximate surface area is 93.2 Å². The first-order valence-electron chi connectivity index (χ1n) is 5.75. The molecule has 3 N–H and O–H groups in total. The van der Waals surface area contributed by atoms with Gasteiger partial charge < -0.3 is 15.7 Å². The summed E-state index contributed by atoms with van der Waals surface area (Å²) >= 11 is 0. The van der Waals surface area contributed by atoms with Gasteiger partial charge in [-0.3, -0.25) is 4.99 Å². The van der Waals surface area contributed by atoms with E-state index >= 15 is 0 Å². The maximum absolute atomic E-state index is 8.65. The minimum absolute atomic E-state index is 0.260. The number of aliphatic hydroxyl groups excluding tert-OH is 1. The number of aliphatic hydroxyl groups is 1. The molecule has 0 fully saturated rings. The molecule has 0 aromatic carbocycles. The first-order chi connectivity index (χ1) is 7.06. The zero-order chi connectivity index (χ0) is 11.7. The smallest absolute Gasteiger partial charge is 0.191 e. The van der Waals surface area contributed by atoms with E-state index in [4.69, 9.17) is 5.11 Å². The van der Waals surface area contributed by atoms with Crippen LogP contribution in [0.3, 0.4) is 0 Å². The monoisotopic (exact) mass is 215 g/mol. The average molecular weight is 215 g/mol. The molecule has 90 valence electrons. The van der Waals surface area contributed by atoms with Gasteiger partial charge in [-0.25, -0.2) is 0 Å². The Hall–Kier alpha value is -0.770. The van der Waals surface area contributed by atoms with Crippen LogP contribution in [0.1, 0.15) is 40.5 Å². The fourth-order valence-corrected chi connectivity index (χ4v) is 1.11. The van der Waals surface area contributed by atoms with Crippen LogP contribution < -0.4 is 10.6 Å². The van der Waals surface area contributed by atoms with E-state index in [1.165, 1.54) is 0 Å². The maximum atomic E-state index is 8.65. The summed E-state index contributed by atoms with van der Waals surface area (Å²) in [4.78, 5) is 4.45. The lowest BCUT2D eigenvalue weighted by molar-refractivity contribution is 0.284. The summed E-state index contributed by atoms with van der Waals surface area (Å²) in [5.41, 5.74) is 0. The molecule has 0 radical (unpaired) electrons. The molecule has 15 heavy (non-hydrogen) atoms. The number of nitrogens with zero attached hydrogens (tertiary/aromatic N) is 1. The molecule has 0 rings (SSSR count). The minimum atomic E-state index is 0.260. The predicted octanol–water partition coefficient (Wildman–Crippen LogP) is 1.11. The molecular weight excluding hydrogens is 190 g/mol. The van der Waals surface area contributed by atoms with Crippen LogP contribution in [0.25, 0.3) is 0 Å². The third-order valence-electron chi connectivity index (χ3n) is 1.69.